The first-order valence-corrected chi connectivity index (χ1v) is 15.2. The number of aryl methyl sites for hydroxylation is 1. The number of esters is 1. The Morgan fingerprint density at radius 3 is 2.36 bits per heavy atom. The van der Waals surface area contributed by atoms with E-state index in [1.54, 1.807) is 24.1 Å². The zero-order valence-corrected chi connectivity index (χ0v) is 26.6. The third-order valence-electron chi connectivity index (χ3n) is 8.44. The number of amides is 1. The number of ether oxygens (including phenoxy) is 7. The van der Waals surface area contributed by atoms with Gasteiger partial charge in [-0.1, -0.05) is 36.4 Å². The largest absolute Gasteiger partial charge is 0.493 e. The molecule has 0 aromatic heterocycles. The van der Waals surface area contributed by atoms with Gasteiger partial charge in [0.2, 0.25) is 12.5 Å². The monoisotopic (exact) mass is 617 g/mol. The van der Waals surface area contributed by atoms with Crippen LogP contribution in [0.4, 0.5) is 4.79 Å². The van der Waals surface area contributed by atoms with Crippen LogP contribution < -0.4 is 23.7 Å². The van der Waals surface area contributed by atoms with E-state index in [0.29, 0.717) is 47.1 Å². The molecule has 3 aromatic rings. The topological polar surface area (TPSA) is 102 Å². The molecule has 6 rings (SSSR count). The van der Waals surface area contributed by atoms with Crippen LogP contribution in [0.25, 0.3) is 0 Å². The number of rotatable bonds is 8. The quantitative estimate of drug-likeness (QED) is 0.267. The second-order valence-corrected chi connectivity index (χ2v) is 12.3. The Labute approximate surface area is 263 Å². The molecule has 1 amide bonds. The molecule has 0 fully saturated rings. The van der Waals surface area contributed by atoms with Crippen LogP contribution in [-0.4, -0.2) is 57.2 Å². The molecule has 3 aliphatic heterocycles. The van der Waals surface area contributed by atoms with Gasteiger partial charge in [0.25, 0.3) is 0 Å². The molecule has 45 heavy (non-hydrogen) atoms. The van der Waals surface area contributed by atoms with Crippen molar-refractivity contribution in [3.8, 4) is 28.7 Å². The van der Waals surface area contributed by atoms with Crippen LogP contribution in [0, 0.1) is 0 Å². The summed E-state index contributed by atoms with van der Waals surface area (Å²) in [5, 5.41) is 0. The number of hydrogen-bond donors (Lipinski definition) is 0. The van der Waals surface area contributed by atoms with E-state index < -0.39 is 29.8 Å². The Kier molecular flexibility index (Phi) is 8.16. The molecule has 0 aliphatic carbocycles. The van der Waals surface area contributed by atoms with Crippen molar-refractivity contribution < 1.29 is 42.7 Å². The second kappa shape index (κ2) is 12.1. The normalized spacial score (nSPS) is 18.2. The van der Waals surface area contributed by atoms with Gasteiger partial charge in [0.15, 0.2) is 29.1 Å². The molecule has 0 unspecified atom stereocenters. The first-order valence-electron chi connectivity index (χ1n) is 15.2. The molecule has 3 heterocycles. The minimum Gasteiger partial charge on any atom is -0.493 e. The predicted octanol–water partition coefficient (Wildman–Crippen LogP) is 6.36. The van der Waals surface area contributed by atoms with Crippen LogP contribution in [0.1, 0.15) is 77.5 Å². The molecule has 10 nitrogen and oxygen atoms in total. The minimum atomic E-state index is -0.884. The predicted molar refractivity (Wildman–Crippen MR) is 165 cm³/mol. The fourth-order valence-electron chi connectivity index (χ4n) is 6.64. The summed E-state index contributed by atoms with van der Waals surface area (Å²) in [6, 6.07) is 13.1. The van der Waals surface area contributed by atoms with Gasteiger partial charge in [-0.2, -0.15) is 0 Å². The van der Waals surface area contributed by atoms with Gasteiger partial charge in [-0.3, -0.25) is 4.90 Å². The van der Waals surface area contributed by atoms with E-state index in [1.165, 1.54) is 19.8 Å². The molecule has 238 valence electrons. The van der Waals surface area contributed by atoms with Crippen molar-refractivity contribution in [2.24, 2.45) is 0 Å². The molecule has 0 saturated carbocycles. The number of carbonyl (C=O) groups is 2. The van der Waals surface area contributed by atoms with Crippen LogP contribution in [0.5, 0.6) is 28.7 Å². The van der Waals surface area contributed by atoms with Crippen LogP contribution in [0.3, 0.4) is 0 Å². The lowest BCUT2D eigenvalue weighted by molar-refractivity contribution is -0.0195. The van der Waals surface area contributed by atoms with Crippen LogP contribution in [0.2, 0.25) is 0 Å². The lowest BCUT2D eigenvalue weighted by atomic mass is 9.81. The van der Waals surface area contributed by atoms with E-state index in [4.69, 9.17) is 33.2 Å². The molecular weight excluding hydrogens is 578 g/mol. The Hall–Kier alpha value is -4.60. The molecule has 0 radical (unpaired) electrons. The average Bonchev–Trinajstić information content (AvgIpc) is 3.64. The molecule has 0 bridgehead atoms. The fourth-order valence-corrected chi connectivity index (χ4v) is 6.64. The van der Waals surface area contributed by atoms with E-state index in [-0.39, 0.29) is 18.1 Å². The van der Waals surface area contributed by atoms with Gasteiger partial charge in [0.05, 0.1) is 21.3 Å². The highest BCUT2D eigenvalue weighted by Gasteiger charge is 2.50. The molecule has 0 N–H and O–H groups in total. The zero-order chi connectivity index (χ0) is 31.9. The lowest BCUT2D eigenvalue weighted by Gasteiger charge is -2.41. The Morgan fingerprint density at radius 1 is 0.933 bits per heavy atom. The number of benzene rings is 3. The molecule has 0 spiro atoms. The van der Waals surface area contributed by atoms with Crippen molar-refractivity contribution in [3.05, 3.63) is 75.8 Å². The van der Waals surface area contributed by atoms with E-state index in [9.17, 15) is 9.59 Å². The summed E-state index contributed by atoms with van der Waals surface area (Å²) in [5.74, 6) is 1.72. The van der Waals surface area contributed by atoms with Crippen molar-refractivity contribution in [2.45, 2.75) is 64.2 Å². The number of fused-ring (bicyclic) bond motifs is 3. The summed E-state index contributed by atoms with van der Waals surface area (Å²) in [4.78, 5) is 29.0. The van der Waals surface area contributed by atoms with Crippen LogP contribution in [-0.2, 0) is 28.7 Å². The number of nitrogens with zero attached hydrogens (tertiary/aromatic N) is 1. The maximum atomic E-state index is 13.9. The number of carbonyl (C=O) groups excluding carboxylic acids is 2. The summed E-state index contributed by atoms with van der Waals surface area (Å²) < 4.78 is 41.2. The van der Waals surface area contributed by atoms with Gasteiger partial charge in [0.1, 0.15) is 17.2 Å². The standard InChI is InChI=1S/C35H39NO9/c1-35(2,3)45-34(38)36-18-17-21-22(14-10-13-20-11-8-7-9-12-20)29-32(43-19-42-29)31(41-6)25(21)27(36)28-23-15-16-24(39-4)30(40-5)26(23)33(37)44-28/h7-9,11-12,15-16,27-28H,10,13-14,17-19H2,1-6H3/t27-,28+/m1/s1. The second-order valence-electron chi connectivity index (χ2n) is 12.3. The van der Waals surface area contributed by atoms with Crippen molar-refractivity contribution in [1.29, 1.82) is 0 Å². The van der Waals surface area contributed by atoms with Gasteiger partial charge in [-0.25, -0.2) is 9.59 Å². The number of hydrogen-bond acceptors (Lipinski definition) is 9. The highest BCUT2D eigenvalue weighted by molar-refractivity contribution is 5.98. The van der Waals surface area contributed by atoms with Crippen molar-refractivity contribution >= 4 is 12.1 Å². The summed E-state index contributed by atoms with van der Waals surface area (Å²) in [7, 11) is 4.56. The van der Waals surface area contributed by atoms with Crippen LogP contribution in [0.15, 0.2) is 42.5 Å². The average molecular weight is 618 g/mol. The highest BCUT2D eigenvalue weighted by atomic mass is 16.7. The summed E-state index contributed by atoms with van der Waals surface area (Å²) in [5.41, 5.74) is 4.08. The maximum absolute atomic E-state index is 13.9. The number of methoxy groups -OCH3 is 3. The van der Waals surface area contributed by atoms with Crippen molar-refractivity contribution in [2.75, 3.05) is 34.7 Å². The lowest BCUT2D eigenvalue weighted by Crippen LogP contribution is -2.45. The summed E-state index contributed by atoms with van der Waals surface area (Å²) in [6.45, 7) is 5.85. The maximum Gasteiger partial charge on any atom is 0.410 e. The summed E-state index contributed by atoms with van der Waals surface area (Å²) in [6.07, 6.45) is 1.60. The van der Waals surface area contributed by atoms with Crippen molar-refractivity contribution in [1.82, 2.24) is 4.90 Å². The van der Waals surface area contributed by atoms with Gasteiger partial charge >= 0.3 is 12.1 Å². The minimum absolute atomic E-state index is 0.0545. The van der Waals surface area contributed by atoms with Gasteiger partial charge < -0.3 is 33.2 Å². The Balaban J connectivity index is 1.51. The molecule has 0 saturated heterocycles. The van der Waals surface area contributed by atoms with Gasteiger partial charge in [0, 0.05) is 23.2 Å². The van der Waals surface area contributed by atoms with Crippen LogP contribution >= 0.6 is 0 Å². The third kappa shape index (κ3) is 5.47. The fraction of sp³-hybridized carbons (Fsp3) is 0.429. The molecule has 2 atom stereocenters. The first kappa shape index (κ1) is 30.4. The smallest absolute Gasteiger partial charge is 0.410 e. The van der Waals surface area contributed by atoms with Gasteiger partial charge in [-0.05, 0) is 63.6 Å². The Bertz CT molecular complexity index is 1610. The van der Waals surface area contributed by atoms with E-state index in [0.717, 1.165) is 30.4 Å². The van der Waals surface area contributed by atoms with E-state index in [1.807, 2.05) is 39.0 Å². The van der Waals surface area contributed by atoms with E-state index >= 15 is 0 Å². The molecule has 3 aromatic carbocycles. The first-order chi connectivity index (χ1) is 21.7. The van der Waals surface area contributed by atoms with E-state index in [2.05, 4.69) is 12.1 Å². The highest BCUT2D eigenvalue weighted by Crippen LogP contribution is 2.57. The molecule has 10 heteroatoms. The Morgan fingerprint density at radius 2 is 1.67 bits per heavy atom. The zero-order valence-electron chi connectivity index (χ0n) is 26.6. The molecular formula is C35H39NO9. The molecule has 3 aliphatic rings. The SMILES string of the molecule is COc1ccc2c(c1OC)C(=O)O[C@@H]2[C@H]1c2c(c(CCCc3ccccc3)c3c(c2OC)OCO3)CCN1C(=O)OC(C)(C)C. The number of cyclic esters (lactones) is 1. The van der Waals surface area contributed by atoms with Crippen molar-refractivity contribution in [3.63, 3.8) is 0 Å². The third-order valence-corrected chi connectivity index (χ3v) is 8.44. The van der Waals surface area contributed by atoms with Gasteiger partial charge in [-0.15, -0.1) is 0 Å². The summed E-state index contributed by atoms with van der Waals surface area (Å²) >= 11 is 0.